The van der Waals surface area contributed by atoms with Crippen molar-refractivity contribution in [1.82, 2.24) is 9.55 Å². The van der Waals surface area contributed by atoms with Gasteiger partial charge in [0, 0.05) is 19.4 Å². The zero-order valence-corrected chi connectivity index (χ0v) is 17.0. The zero-order chi connectivity index (χ0) is 20.5. The first-order chi connectivity index (χ1) is 13.9. The maximum absolute atomic E-state index is 12.6. The average molecular weight is 407 g/mol. The Kier molecular flexibility index (Phi) is 5.07. The maximum Gasteiger partial charge on any atom is 0.257 e. The third kappa shape index (κ3) is 3.86. The van der Waals surface area contributed by atoms with Crippen LogP contribution in [0.5, 0.6) is 5.75 Å². The minimum Gasteiger partial charge on any atom is -0.489 e. The second-order valence-corrected chi connectivity index (χ2v) is 7.62. The first kappa shape index (κ1) is 19.1. The molecule has 2 heterocycles. The lowest BCUT2D eigenvalue weighted by Gasteiger charge is -2.26. The Balaban J connectivity index is 1.60. The van der Waals surface area contributed by atoms with Gasteiger partial charge in [0.25, 0.3) is 5.56 Å². The number of H-pyrrole nitrogens is 1. The second kappa shape index (κ2) is 7.67. The number of aromatic amines is 1. The lowest BCUT2D eigenvalue weighted by Crippen LogP contribution is -2.33. The van der Waals surface area contributed by atoms with Crippen LogP contribution in [-0.4, -0.2) is 15.5 Å². The van der Waals surface area contributed by atoms with Crippen molar-refractivity contribution < 1.29 is 9.53 Å². The fourth-order valence-electron chi connectivity index (χ4n) is 3.63. The van der Waals surface area contributed by atoms with Crippen LogP contribution >= 0.6 is 12.2 Å². The van der Waals surface area contributed by atoms with Gasteiger partial charge in [-0.15, -0.1) is 0 Å². The van der Waals surface area contributed by atoms with Crippen molar-refractivity contribution in [2.75, 3.05) is 5.32 Å². The molecular weight excluding hydrogens is 386 g/mol. The molecule has 0 bridgehead atoms. The highest BCUT2D eigenvalue weighted by atomic mass is 32.1. The van der Waals surface area contributed by atoms with Crippen molar-refractivity contribution in [2.24, 2.45) is 7.05 Å². The van der Waals surface area contributed by atoms with Gasteiger partial charge in [0.2, 0.25) is 5.91 Å². The van der Waals surface area contributed by atoms with Crippen LogP contribution < -0.4 is 15.6 Å². The molecule has 29 heavy (non-hydrogen) atoms. The molecule has 1 aliphatic heterocycles. The van der Waals surface area contributed by atoms with E-state index in [-0.39, 0.29) is 28.6 Å². The van der Waals surface area contributed by atoms with Crippen LogP contribution in [0.25, 0.3) is 0 Å². The first-order valence-electron chi connectivity index (χ1n) is 9.34. The van der Waals surface area contributed by atoms with Gasteiger partial charge < -0.3 is 14.6 Å². The Labute approximate surface area is 173 Å². The number of benzene rings is 2. The lowest BCUT2D eigenvalue weighted by molar-refractivity contribution is -0.116. The zero-order valence-electron chi connectivity index (χ0n) is 16.2. The molecular formula is C22H21N3O3S. The number of rotatable bonds is 4. The molecule has 3 aromatic rings. The molecule has 1 aromatic heterocycles. The second-order valence-electron chi connectivity index (χ2n) is 7.23. The smallest absolute Gasteiger partial charge is 0.257 e. The molecule has 2 aromatic carbocycles. The van der Waals surface area contributed by atoms with E-state index in [2.05, 4.69) is 16.4 Å². The van der Waals surface area contributed by atoms with Crippen LogP contribution in [0.4, 0.5) is 5.82 Å². The van der Waals surface area contributed by atoms with E-state index in [0.717, 1.165) is 16.9 Å². The number of nitrogens with zero attached hydrogens (tertiary/aromatic N) is 1. The number of hydrogen-bond acceptors (Lipinski definition) is 4. The highest BCUT2D eigenvalue weighted by Gasteiger charge is 2.31. The summed E-state index contributed by atoms with van der Waals surface area (Å²) in [6.45, 7) is 2.53. The van der Waals surface area contributed by atoms with E-state index >= 15 is 0 Å². The summed E-state index contributed by atoms with van der Waals surface area (Å²) in [5.41, 5.74) is 3.43. The summed E-state index contributed by atoms with van der Waals surface area (Å²) in [6, 6.07) is 15.7. The van der Waals surface area contributed by atoms with E-state index in [4.69, 9.17) is 17.0 Å². The standard InChI is InChI=1S/C22H21N3O3S/c1-13-4-3-5-14(10-13)12-28-16-8-6-15(7-9-16)17-11-18(26)23-20-19(17)21(27)24-22(29)25(20)2/h3-10,17H,11-12H2,1-2H3,(H,23,26)(H,24,27,29). The summed E-state index contributed by atoms with van der Waals surface area (Å²) >= 11 is 5.15. The van der Waals surface area contributed by atoms with Gasteiger partial charge in [0.1, 0.15) is 18.2 Å². The summed E-state index contributed by atoms with van der Waals surface area (Å²) in [4.78, 5) is 27.5. The number of carbonyl (C=O) groups excluding carboxylic acids is 1. The number of aryl methyl sites for hydroxylation is 1. The van der Waals surface area contributed by atoms with Gasteiger partial charge in [0.05, 0.1) is 5.56 Å². The molecule has 2 N–H and O–H groups in total. The minimum absolute atomic E-state index is 0.141. The SMILES string of the molecule is Cc1cccc(COc2ccc(C3CC(=O)Nc4c3c(=O)[nH]c(=S)n4C)cc2)c1. The summed E-state index contributed by atoms with van der Waals surface area (Å²) < 4.78 is 7.77. The van der Waals surface area contributed by atoms with Crippen molar-refractivity contribution in [3.63, 3.8) is 0 Å². The first-order valence-corrected chi connectivity index (χ1v) is 9.74. The topological polar surface area (TPSA) is 76.1 Å². The average Bonchev–Trinajstić information content (AvgIpc) is 2.70. The fraction of sp³-hybridized carbons (Fsp3) is 0.227. The molecule has 148 valence electrons. The fourth-order valence-corrected chi connectivity index (χ4v) is 3.82. The maximum atomic E-state index is 12.6. The van der Waals surface area contributed by atoms with Crippen LogP contribution in [0.15, 0.2) is 53.3 Å². The summed E-state index contributed by atoms with van der Waals surface area (Å²) in [5.74, 6) is 0.712. The normalized spacial score (nSPS) is 15.5. The summed E-state index contributed by atoms with van der Waals surface area (Å²) in [5, 5.41) is 2.78. The van der Waals surface area contributed by atoms with Gasteiger partial charge in [-0.2, -0.15) is 0 Å². The van der Waals surface area contributed by atoms with Gasteiger partial charge in [-0.25, -0.2) is 0 Å². The molecule has 0 aliphatic carbocycles. The van der Waals surface area contributed by atoms with Crippen LogP contribution in [0, 0.1) is 11.7 Å². The summed E-state index contributed by atoms with van der Waals surface area (Å²) in [6.07, 6.45) is 0.205. The Morgan fingerprint density at radius 3 is 2.66 bits per heavy atom. The molecule has 0 fully saturated rings. The molecule has 7 heteroatoms. The van der Waals surface area contributed by atoms with Crippen LogP contribution in [0.2, 0.25) is 0 Å². The Morgan fingerprint density at radius 1 is 1.17 bits per heavy atom. The molecule has 0 spiro atoms. The van der Waals surface area contributed by atoms with E-state index in [1.54, 1.807) is 11.6 Å². The molecule has 1 atom stereocenters. The van der Waals surface area contributed by atoms with E-state index in [1.807, 2.05) is 49.4 Å². The van der Waals surface area contributed by atoms with Crippen molar-refractivity contribution in [1.29, 1.82) is 0 Å². The number of carbonyl (C=O) groups is 1. The minimum atomic E-state index is -0.338. The van der Waals surface area contributed by atoms with Crippen LogP contribution in [-0.2, 0) is 18.4 Å². The van der Waals surface area contributed by atoms with E-state index in [9.17, 15) is 9.59 Å². The summed E-state index contributed by atoms with van der Waals surface area (Å²) in [7, 11) is 1.72. The molecule has 1 amide bonds. The third-order valence-electron chi connectivity index (χ3n) is 5.13. The van der Waals surface area contributed by atoms with Crippen LogP contribution in [0.3, 0.4) is 0 Å². The van der Waals surface area contributed by atoms with Gasteiger partial charge in [0.15, 0.2) is 4.77 Å². The number of hydrogen-bond donors (Lipinski definition) is 2. The molecule has 4 rings (SSSR count). The number of aromatic nitrogens is 2. The molecule has 6 nitrogen and oxygen atoms in total. The Hall–Kier alpha value is -3.19. The predicted molar refractivity (Wildman–Crippen MR) is 114 cm³/mol. The molecule has 1 unspecified atom stereocenters. The number of fused-ring (bicyclic) bond motifs is 1. The molecule has 0 radical (unpaired) electrons. The number of ether oxygens (including phenoxy) is 1. The largest absolute Gasteiger partial charge is 0.489 e. The Morgan fingerprint density at radius 2 is 1.93 bits per heavy atom. The number of anilines is 1. The molecule has 0 saturated carbocycles. The van der Waals surface area contributed by atoms with Gasteiger partial charge in [-0.3, -0.25) is 14.6 Å². The van der Waals surface area contributed by atoms with Crippen LogP contribution in [0.1, 0.15) is 34.6 Å². The molecule has 1 aliphatic rings. The van der Waals surface area contributed by atoms with Gasteiger partial charge in [-0.1, -0.05) is 42.0 Å². The van der Waals surface area contributed by atoms with E-state index in [1.165, 1.54) is 5.56 Å². The van der Waals surface area contributed by atoms with Crippen molar-refractivity contribution in [2.45, 2.75) is 25.9 Å². The highest BCUT2D eigenvalue weighted by Crippen LogP contribution is 2.35. The lowest BCUT2D eigenvalue weighted by atomic mass is 9.87. The molecule has 0 saturated heterocycles. The predicted octanol–water partition coefficient (Wildman–Crippen LogP) is 3.80. The van der Waals surface area contributed by atoms with E-state index < -0.39 is 0 Å². The van der Waals surface area contributed by atoms with Gasteiger partial charge in [-0.05, 0) is 42.4 Å². The Bertz CT molecular complexity index is 1200. The van der Waals surface area contributed by atoms with Crippen molar-refractivity contribution in [3.8, 4) is 5.75 Å². The third-order valence-corrected chi connectivity index (χ3v) is 5.50. The van der Waals surface area contributed by atoms with Gasteiger partial charge >= 0.3 is 0 Å². The van der Waals surface area contributed by atoms with E-state index in [0.29, 0.717) is 18.0 Å². The quantitative estimate of drug-likeness (QED) is 0.645. The van der Waals surface area contributed by atoms with Crippen molar-refractivity contribution in [3.05, 3.63) is 85.9 Å². The van der Waals surface area contributed by atoms with Crippen molar-refractivity contribution >= 4 is 23.9 Å². The monoisotopic (exact) mass is 407 g/mol. The number of amides is 1. The number of nitrogens with one attached hydrogen (secondary N) is 2. The highest BCUT2D eigenvalue weighted by molar-refractivity contribution is 7.71.